The van der Waals surface area contributed by atoms with Gasteiger partial charge in [0, 0.05) is 5.56 Å². The summed E-state index contributed by atoms with van der Waals surface area (Å²) in [5.74, 6) is 0. The lowest BCUT2D eigenvalue weighted by Crippen LogP contribution is -2.03. The predicted octanol–water partition coefficient (Wildman–Crippen LogP) is 3.31. The summed E-state index contributed by atoms with van der Waals surface area (Å²) in [5, 5.41) is -0.829. The van der Waals surface area contributed by atoms with Crippen molar-refractivity contribution in [2.75, 3.05) is 0 Å². The zero-order valence-electron chi connectivity index (χ0n) is 7.02. The topological polar surface area (TPSA) is 30.0 Å². The molecule has 0 atom stereocenters. The molecule has 6 heteroatoms. The van der Waals surface area contributed by atoms with E-state index in [9.17, 15) is 13.6 Å². The van der Waals surface area contributed by atoms with Gasteiger partial charge in [0.2, 0.25) is 0 Å². The standard InChI is InChI=1S/C8H5ClF2INO/c1-3-4(7(10)11)2-5(6(9)14)13-8(3)12/h2,7H,1H3. The Morgan fingerprint density at radius 3 is 2.64 bits per heavy atom. The summed E-state index contributed by atoms with van der Waals surface area (Å²) in [5.41, 5.74) is 0.0348. The number of carbonyl (C=O) groups excluding carboxylic acids is 1. The van der Waals surface area contributed by atoms with Crippen LogP contribution in [0, 0.1) is 10.6 Å². The smallest absolute Gasteiger partial charge is 0.270 e. The van der Waals surface area contributed by atoms with Crippen molar-refractivity contribution in [2.24, 2.45) is 0 Å². The molecule has 14 heavy (non-hydrogen) atoms. The highest BCUT2D eigenvalue weighted by Crippen LogP contribution is 2.26. The van der Waals surface area contributed by atoms with E-state index in [1.165, 1.54) is 6.92 Å². The molecule has 76 valence electrons. The Labute approximate surface area is 97.8 Å². The molecule has 0 aliphatic carbocycles. The Morgan fingerprint density at radius 2 is 2.21 bits per heavy atom. The van der Waals surface area contributed by atoms with Crippen LogP contribution in [0.1, 0.15) is 28.0 Å². The predicted molar refractivity (Wildman–Crippen MR) is 56.8 cm³/mol. The van der Waals surface area contributed by atoms with Gasteiger partial charge in [-0.25, -0.2) is 13.8 Å². The fourth-order valence-electron chi connectivity index (χ4n) is 0.924. The number of alkyl halides is 2. The quantitative estimate of drug-likeness (QED) is 0.473. The molecule has 0 saturated carbocycles. The SMILES string of the molecule is Cc1c(C(F)F)cc(C(=O)Cl)nc1I. The van der Waals surface area contributed by atoms with Gasteiger partial charge >= 0.3 is 0 Å². The Kier molecular flexibility index (Phi) is 3.77. The Balaban J connectivity index is 3.35. The van der Waals surface area contributed by atoms with Gasteiger partial charge < -0.3 is 0 Å². The Hall–Kier alpha value is -0.300. The van der Waals surface area contributed by atoms with Gasteiger partial charge in [0.25, 0.3) is 11.7 Å². The lowest BCUT2D eigenvalue weighted by Gasteiger charge is -2.07. The fraction of sp³-hybridized carbons (Fsp3) is 0.250. The number of nitrogens with zero attached hydrogens (tertiary/aromatic N) is 1. The second-order valence-corrected chi connectivity index (χ2v) is 3.95. The molecular formula is C8H5ClF2INO. The molecule has 1 heterocycles. The number of hydrogen-bond acceptors (Lipinski definition) is 2. The van der Waals surface area contributed by atoms with Crippen LogP contribution in [0.5, 0.6) is 0 Å². The van der Waals surface area contributed by atoms with E-state index in [4.69, 9.17) is 11.6 Å². The maximum atomic E-state index is 12.5. The van der Waals surface area contributed by atoms with Crippen molar-refractivity contribution in [2.45, 2.75) is 13.3 Å². The summed E-state index contributed by atoms with van der Waals surface area (Å²) in [6.07, 6.45) is -2.62. The van der Waals surface area contributed by atoms with E-state index in [2.05, 4.69) is 4.98 Å². The molecule has 2 nitrogen and oxygen atoms in total. The molecule has 1 aromatic heterocycles. The number of pyridine rings is 1. The van der Waals surface area contributed by atoms with Crippen LogP contribution in [0.3, 0.4) is 0 Å². The van der Waals surface area contributed by atoms with Gasteiger partial charge in [-0.05, 0) is 52.7 Å². The zero-order chi connectivity index (χ0) is 10.9. The Bertz CT molecular complexity index is 384. The summed E-state index contributed by atoms with van der Waals surface area (Å²) in [6.45, 7) is 1.53. The summed E-state index contributed by atoms with van der Waals surface area (Å²) in [7, 11) is 0. The van der Waals surface area contributed by atoms with Crippen LogP contribution in [0.4, 0.5) is 8.78 Å². The third-order valence-electron chi connectivity index (χ3n) is 1.69. The first-order valence-electron chi connectivity index (χ1n) is 3.58. The lowest BCUT2D eigenvalue weighted by molar-refractivity contribution is 0.107. The van der Waals surface area contributed by atoms with Crippen LogP contribution in [-0.4, -0.2) is 10.2 Å². The summed E-state index contributed by atoms with van der Waals surface area (Å²) >= 11 is 6.94. The van der Waals surface area contributed by atoms with E-state index >= 15 is 0 Å². The van der Waals surface area contributed by atoms with E-state index in [1.54, 1.807) is 22.6 Å². The number of carbonyl (C=O) groups is 1. The largest absolute Gasteiger partial charge is 0.274 e. The molecule has 0 spiro atoms. The van der Waals surface area contributed by atoms with Gasteiger partial charge in [-0.1, -0.05) is 0 Å². The van der Waals surface area contributed by atoms with Crippen molar-refractivity contribution in [1.29, 1.82) is 0 Å². The summed E-state index contributed by atoms with van der Waals surface area (Å²) in [4.78, 5) is 14.5. The number of halogens is 4. The van der Waals surface area contributed by atoms with E-state index in [0.29, 0.717) is 9.26 Å². The van der Waals surface area contributed by atoms with Gasteiger partial charge in [-0.3, -0.25) is 4.79 Å². The third kappa shape index (κ3) is 2.38. The summed E-state index contributed by atoms with van der Waals surface area (Å²) in [6, 6.07) is 1.03. The minimum Gasteiger partial charge on any atom is -0.274 e. The van der Waals surface area contributed by atoms with Gasteiger partial charge in [-0.15, -0.1) is 0 Å². The monoisotopic (exact) mass is 331 g/mol. The second-order valence-electron chi connectivity index (χ2n) is 2.59. The van der Waals surface area contributed by atoms with Crippen LogP contribution in [0.25, 0.3) is 0 Å². The van der Waals surface area contributed by atoms with Crippen molar-refractivity contribution in [3.05, 3.63) is 26.6 Å². The molecule has 1 aromatic rings. The molecule has 0 saturated heterocycles. The molecular weight excluding hydrogens is 326 g/mol. The van der Waals surface area contributed by atoms with Gasteiger partial charge in [0.05, 0.1) is 0 Å². The molecule has 0 amide bonds. The molecule has 0 aliphatic heterocycles. The Morgan fingerprint density at radius 1 is 1.64 bits per heavy atom. The van der Waals surface area contributed by atoms with E-state index in [-0.39, 0.29) is 11.3 Å². The fourth-order valence-corrected chi connectivity index (χ4v) is 1.59. The lowest BCUT2D eigenvalue weighted by atomic mass is 10.1. The molecule has 0 unspecified atom stereocenters. The number of hydrogen-bond donors (Lipinski definition) is 0. The highest BCUT2D eigenvalue weighted by Gasteiger charge is 2.17. The molecule has 0 aliphatic rings. The maximum absolute atomic E-state index is 12.5. The van der Waals surface area contributed by atoms with E-state index in [0.717, 1.165) is 6.07 Å². The molecule has 0 N–H and O–H groups in total. The molecule has 0 fully saturated rings. The van der Waals surface area contributed by atoms with Crippen LogP contribution in [0.15, 0.2) is 6.07 Å². The minimum absolute atomic E-state index is 0.142. The van der Waals surface area contributed by atoms with Crippen LogP contribution >= 0.6 is 34.2 Å². The van der Waals surface area contributed by atoms with Gasteiger partial charge in [0.15, 0.2) is 0 Å². The normalized spacial score (nSPS) is 10.7. The van der Waals surface area contributed by atoms with Crippen molar-refractivity contribution in [1.82, 2.24) is 4.98 Å². The summed E-state index contributed by atoms with van der Waals surface area (Å²) < 4.78 is 25.3. The van der Waals surface area contributed by atoms with Crippen LogP contribution < -0.4 is 0 Å². The maximum Gasteiger partial charge on any atom is 0.270 e. The van der Waals surface area contributed by atoms with E-state index < -0.39 is 11.7 Å². The van der Waals surface area contributed by atoms with Crippen molar-refractivity contribution < 1.29 is 13.6 Å². The van der Waals surface area contributed by atoms with Gasteiger partial charge in [-0.2, -0.15) is 0 Å². The molecule has 1 rings (SSSR count). The highest BCUT2D eigenvalue weighted by atomic mass is 127. The van der Waals surface area contributed by atoms with Crippen molar-refractivity contribution in [3.63, 3.8) is 0 Å². The zero-order valence-corrected chi connectivity index (χ0v) is 9.94. The highest BCUT2D eigenvalue weighted by molar-refractivity contribution is 14.1. The molecule has 0 bridgehead atoms. The average Bonchev–Trinajstić information content (AvgIpc) is 2.08. The van der Waals surface area contributed by atoms with Crippen LogP contribution in [-0.2, 0) is 0 Å². The van der Waals surface area contributed by atoms with Crippen LogP contribution in [0.2, 0.25) is 0 Å². The van der Waals surface area contributed by atoms with E-state index in [1.807, 2.05) is 0 Å². The first kappa shape index (κ1) is 11.8. The third-order valence-corrected chi connectivity index (χ3v) is 2.93. The molecule has 0 aromatic carbocycles. The second kappa shape index (κ2) is 4.48. The minimum atomic E-state index is -2.62. The average molecular weight is 331 g/mol. The van der Waals surface area contributed by atoms with Gasteiger partial charge in [0.1, 0.15) is 9.39 Å². The van der Waals surface area contributed by atoms with Crippen molar-refractivity contribution in [3.8, 4) is 0 Å². The number of aromatic nitrogens is 1. The first-order chi connectivity index (χ1) is 6.43. The first-order valence-corrected chi connectivity index (χ1v) is 5.04. The van der Waals surface area contributed by atoms with Crippen molar-refractivity contribution >= 4 is 39.4 Å². The molecule has 0 radical (unpaired) electrons. The number of rotatable bonds is 2.